The van der Waals surface area contributed by atoms with Crippen molar-refractivity contribution in [3.63, 3.8) is 0 Å². The summed E-state index contributed by atoms with van der Waals surface area (Å²) in [5.74, 6) is -1.05. The molecule has 1 aliphatic heterocycles. The summed E-state index contributed by atoms with van der Waals surface area (Å²) in [6.07, 6.45) is -4.57. The van der Waals surface area contributed by atoms with Gasteiger partial charge in [0.1, 0.15) is 18.4 Å². The lowest BCUT2D eigenvalue weighted by Gasteiger charge is -2.27. The summed E-state index contributed by atoms with van der Waals surface area (Å²) < 4.78 is 45.3. The number of halogens is 3. The van der Waals surface area contributed by atoms with Crippen LogP contribution in [0.15, 0.2) is 72.8 Å². The van der Waals surface area contributed by atoms with Crippen molar-refractivity contribution in [2.24, 2.45) is 0 Å². The lowest BCUT2D eigenvalue weighted by atomic mass is 9.99. The minimum absolute atomic E-state index is 0.0130. The summed E-state index contributed by atoms with van der Waals surface area (Å²) in [6, 6.07) is 19.2. The first-order valence-electron chi connectivity index (χ1n) is 9.78. The van der Waals surface area contributed by atoms with Crippen LogP contribution in [0.25, 0.3) is 11.1 Å². The van der Waals surface area contributed by atoms with E-state index in [1.54, 1.807) is 4.90 Å². The molecule has 0 spiro atoms. The molecule has 4 rings (SSSR count). The van der Waals surface area contributed by atoms with Gasteiger partial charge in [0, 0.05) is 18.7 Å². The highest BCUT2D eigenvalue weighted by Gasteiger charge is 2.37. The number of carboxylic acid groups (broad SMARTS) is 1. The molecule has 0 fully saturated rings. The summed E-state index contributed by atoms with van der Waals surface area (Å²) in [4.78, 5) is 13.8. The van der Waals surface area contributed by atoms with Gasteiger partial charge in [-0.1, -0.05) is 48.5 Å². The fraction of sp³-hybridized carbons (Fsp3) is 0.208. The van der Waals surface area contributed by atoms with E-state index >= 15 is 0 Å². The van der Waals surface area contributed by atoms with Gasteiger partial charge in [0.2, 0.25) is 0 Å². The first kappa shape index (κ1) is 20.9. The average molecular weight is 427 g/mol. The van der Waals surface area contributed by atoms with Crippen LogP contribution in [0.2, 0.25) is 0 Å². The van der Waals surface area contributed by atoms with Crippen molar-refractivity contribution in [1.82, 2.24) is 4.90 Å². The normalized spacial score (nSPS) is 16.8. The third-order valence-electron chi connectivity index (χ3n) is 5.29. The van der Waals surface area contributed by atoms with Crippen LogP contribution in [0.5, 0.6) is 5.75 Å². The van der Waals surface area contributed by atoms with Gasteiger partial charge < -0.3 is 9.84 Å². The Morgan fingerprint density at radius 2 is 1.74 bits per heavy atom. The van der Waals surface area contributed by atoms with Crippen molar-refractivity contribution in [3.8, 4) is 16.9 Å². The first-order valence-corrected chi connectivity index (χ1v) is 9.78. The van der Waals surface area contributed by atoms with Gasteiger partial charge in [-0.3, -0.25) is 9.69 Å². The molecule has 3 aromatic rings. The molecule has 3 aromatic carbocycles. The zero-order chi connectivity index (χ0) is 22.0. The minimum atomic E-state index is -4.57. The van der Waals surface area contributed by atoms with Crippen molar-refractivity contribution < 1.29 is 27.8 Å². The highest BCUT2D eigenvalue weighted by Crippen LogP contribution is 2.38. The Kier molecular flexibility index (Phi) is 5.69. The van der Waals surface area contributed by atoms with Crippen LogP contribution in [-0.4, -0.2) is 29.1 Å². The standard InChI is InChI=1S/C24H20F3NO3/c25-24(26,27)19-9-10-21-20(14-19)22(23(29)30)28(11-12-31-21)15-16-5-4-8-18(13-16)17-6-2-1-3-7-17/h1-10,13-14,22H,11-12,15H2,(H,29,30). The highest BCUT2D eigenvalue weighted by molar-refractivity contribution is 5.77. The molecule has 7 heteroatoms. The quantitative estimate of drug-likeness (QED) is 0.606. The van der Waals surface area contributed by atoms with E-state index in [2.05, 4.69) is 0 Å². The number of carboxylic acids is 1. The fourth-order valence-electron chi connectivity index (χ4n) is 3.84. The minimum Gasteiger partial charge on any atom is -0.492 e. The maximum absolute atomic E-state index is 13.2. The van der Waals surface area contributed by atoms with Crippen LogP contribution in [0, 0.1) is 0 Å². The number of fused-ring (bicyclic) bond motifs is 1. The molecule has 1 heterocycles. The number of hydrogen-bond donors (Lipinski definition) is 1. The van der Waals surface area contributed by atoms with E-state index < -0.39 is 23.8 Å². The third kappa shape index (κ3) is 4.56. The molecule has 1 N–H and O–H groups in total. The van der Waals surface area contributed by atoms with Gasteiger partial charge >= 0.3 is 12.1 Å². The molecule has 1 atom stereocenters. The second kappa shape index (κ2) is 8.43. The average Bonchev–Trinajstić information content (AvgIpc) is 2.92. The Hall–Kier alpha value is -3.32. The van der Waals surface area contributed by atoms with E-state index in [9.17, 15) is 23.1 Å². The fourth-order valence-corrected chi connectivity index (χ4v) is 3.84. The van der Waals surface area contributed by atoms with Crippen molar-refractivity contribution in [2.75, 3.05) is 13.2 Å². The van der Waals surface area contributed by atoms with Gasteiger partial charge in [0.05, 0.1) is 5.56 Å². The Balaban J connectivity index is 1.68. The maximum atomic E-state index is 13.2. The lowest BCUT2D eigenvalue weighted by molar-refractivity contribution is -0.144. The second-order valence-electron chi connectivity index (χ2n) is 7.38. The molecule has 0 saturated heterocycles. The van der Waals surface area contributed by atoms with Crippen molar-refractivity contribution in [3.05, 3.63) is 89.5 Å². The van der Waals surface area contributed by atoms with Gasteiger partial charge in [-0.2, -0.15) is 13.2 Å². The van der Waals surface area contributed by atoms with Crippen LogP contribution in [0.1, 0.15) is 22.7 Å². The number of rotatable bonds is 4. The van der Waals surface area contributed by atoms with Crippen LogP contribution in [0.3, 0.4) is 0 Å². The van der Waals surface area contributed by atoms with Crippen molar-refractivity contribution >= 4 is 5.97 Å². The molecule has 160 valence electrons. The predicted octanol–water partition coefficient (Wildman–Crippen LogP) is 5.39. The number of hydrogen-bond acceptors (Lipinski definition) is 3. The van der Waals surface area contributed by atoms with Crippen molar-refractivity contribution in [1.29, 1.82) is 0 Å². The molecule has 0 saturated carbocycles. The molecular weight excluding hydrogens is 407 g/mol. The zero-order valence-corrected chi connectivity index (χ0v) is 16.5. The van der Waals surface area contributed by atoms with Crippen LogP contribution >= 0.6 is 0 Å². The zero-order valence-electron chi connectivity index (χ0n) is 16.5. The molecule has 0 amide bonds. The SMILES string of the molecule is O=C(O)C1c2cc(C(F)(F)F)ccc2OCCN1Cc1cccc(-c2ccccc2)c1. The number of alkyl halides is 3. The van der Waals surface area contributed by atoms with E-state index in [-0.39, 0.29) is 31.0 Å². The third-order valence-corrected chi connectivity index (χ3v) is 5.29. The molecular formula is C24H20F3NO3. The van der Waals surface area contributed by atoms with Gasteiger partial charge in [-0.15, -0.1) is 0 Å². The van der Waals surface area contributed by atoms with Crippen molar-refractivity contribution in [2.45, 2.75) is 18.8 Å². The molecule has 0 radical (unpaired) electrons. The van der Waals surface area contributed by atoms with Gasteiger partial charge in [-0.25, -0.2) is 0 Å². The number of benzene rings is 3. The molecule has 1 aliphatic rings. The largest absolute Gasteiger partial charge is 0.492 e. The topological polar surface area (TPSA) is 49.8 Å². The van der Waals surface area contributed by atoms with Gasteiger partial charge in [0.15, 0.2) is 0 Å². The summed E-state index contributed by atoms with van der Waals surface area (Å²) in [7, 11) is 0. The molecule has 4 nitrogen and oxygen atoms in total. The van der Waals surface area contributed by atoms with E-state index in [0.717, 1.165) is 28.8 Å². The number of carbonyl (C=O) groups is 1. The van der Waals surface area contributed by atoms with E-state index in [1.807, 2.05) is 54.6 Å². The highest BCUT2D eigenvalue weighted by atomic mass is 19.4. The maximum Gasteiger partial charge on any atom is 0.416 e. The summed E-state index contributed by atoms with van der Waals surface area (Å²) in [5.41, 5.74) is 1.99. The molecule has 0 bridgehead atoms. The van der Waals surface area contributed by atoms with Gasteiger partial charge in [0.25, 0.3) is 0 Å². The number of nitrogens with zero attached hydrogens (tertiary/aromatic N) is 1. The Morgan fingerprint density at radius 1 is 1.00 bits per heavy atom. The summed E-state index contributed by atoms with van der Waals surface area (Å²) >= 11 is 0. The second-order valence-corrected chi connectivity index (χ2v) is 7.38. The molecule has 31 heavy (non-hydrogen) atoms. The Labute approximate surface area is 177 Å². The molecule has 1 unspecified atom stereocenters. The van der Waals surface area contributed by atoms with Gasteiger partial charge in [-0.05, 0) is 41.0 Å². The first-order chi connectivity index (χ1) is 14.8. The van der Waals surface area contributed by atoms with E-state index in [0.29, 0.717) is 0 Å². The summed E-state index contributed by atoms with van der Waals surface area (Å²) in [5, 5.41) is 9.91. The summed E-state index contributed by atoms with van der Waals surface area (Å²) in [6.45, 7) is 0.708. The molecule has 0 aliphatic carbocycles. The Bertz CT molecular complexity index is 1080. The smallest absolute Gasteiger partial charge is 0.416 e. The van der Waals surface area contributed by atoms with Crippen LogP contribution in [-0.2, 0) is 17.5 Å². The number of ether oxygens (including phenoxy) is 1. The predicted molar refractivity (Wildman–Crippen MR) is 110 cm³/mol. The molecule has 0 aromatic heterocycles. The van der Waals surface area contributed by atoms with Crippen LogP contribution < -0.4 is 4.74 Å². The Morgan fingerprint density at radius 3 is 2.45 bits per heavy atom. The number of aliphatic carboxylic acids is 1. The monoisotopic (exact) mass is 427 g/mol. The lowest BCUT2D eigenvalue weighted by Crippen LogP contribution is -2.34. The van der Waals surface area contributed by atoms with E-state index in [4.69, 9.17) is 4.74 Å². The van der Waals surface area contributed by atoms with E-state index in [1.165, 1.54) is 6.07 Å². The van der Waals surface area contributed by atoms with Crippen LogP contribution in [0.4, 0.5) is 13.2 Å².